The summed E-state index contributed by atoms with van der Waals surface area (Å²) < 4.78 is 4.16. The van der Waals surface area contributed by atoms with Crippen molar-refractivity contribution in [3.8, 4) is 5.75 Å². The van der Waals surface area contributed by atoms with Crippen LogP contribution >= 0.6 is 63.0 Å². The minimum Gasteiger partial charge on any atom is -0.497 e. The van der Waals surface area contributed by atoms with Gasteiger partial charge in [0, 0.05) is 21.8 Å². The quantitative estimate of drug-likeness (QED) is 0.304. The number of ether oxygens (including phenoxy) is 1. The number of carbonyl (C=O) groups is 1. The van der Waals surface area contributed by atoms with Crippen molar-refractivity contribution in [2.75, 3.05) is 12.4 Å². The van der Waals surface area contributed by atoms with Gasteiger partial charge in [0.25, 0.3) is 5.91 Å². The number of rotatable bonds is 5. The van der Waals surface area contributed by atoms with E-state index in [2.05, 4.69) is 31.9 Å². The summed E-state index contributed by atoms with van der Waals surface area (Å²) in [5.41, 5.74) is 1.08. The van der Waals surface area contributed by atoms with Crippen LogP contribution in [-0.2, 0) is 0 Å². The number of benzene rings is 2. The summed E-state index contributed by atoms with van der Waals surface area (Å²) in [6.45, 7) is 0. The van der Waals surface area contributed by atoms with Gasteiger partial charge in [0.2, 0.25) is 3.79 Å². The Balaban J connectivity index is 2.06. The van der Waals surface area contributed by atoms with Gasteiger partial charge in [-0.15, -0.1) is 0 Å². The Morgan fingerprint density at radius 2 is 1.81 bits per heavy atom. The zero-order valence-electron chi connectivity index (χ0n) is 13.9. The van der Waals surface area contributed by atoms with Crippen LogP contribution in [0.1, 0.15) is 10.4 Å². The van der Waals surface area contributed by atoms with Gasteiger partial charge in [-0.3, -0.25) is 4.79 Å². The molecule has 5 nitrogen and oxygen atoms in total. The van der Waals surface area contributed by atoms with Crippen molar-refractivity contribution in [3.05, 3.63) is 58.6 Å². The summed E-state index contributed by atoms with van der Waals surface area (Å²) >= 11 is 26.5. The molecule has 0 saturated carbocycles. The Morgan fingerprint density at radius 1 is 1.15 bits per heavy atom. The Kier molecular flexibility index (Phi) is 8.00. The number of carbonyl (C=O) groups excluding carboxylic acids is 1. The van der Waals surface area contributed by atoms with Gasteiger partial charge < -0.3 is 20.7 Å². The number of halogens is 4. The lowest BCUT2D eigenvalue weighted by atomic mass is 10.2. The molecule has 0 spiro atoms. The van der Waals surface area contributed by atoms with E-state index >= 15 is 0 Å². The predicted octanol–water partition coefficient (Wildman–Crippen LogP) is 4.87. The minimum absolute atomic E-state index is 0.163. The first-order valence-corrected chi connectivity index (χ1v) is 9.87. The third kappa shape index (κ3) is 7.01. The normalized spacial score (nSPS) is 12.0. The number of amides is 1. The topological polar surface area (TPSA) is 62.4 Å². The summed E-state index contributed by atoms with van der Waals surface area (Å²) in [6, 6.07) is 13.9. The first-order chi connectivity index (χ1) is 12.7. The van der Waals surface area contributed by atoms with Crippen LogP contribution in [-0.4, -0.2) is 28.1 Å². The van der Waals surface area contributed by atoms with Crippen molar-refractivity contribution in [1.82, 2.24) is 10.6 Å². The van der Waals surface area contributed by atoms with Crippen LogP contribution in [0.5, 0.6) is 5.75 Å². The van der Waals surface area contributed by atoms with Crippen molar-refractivity contribution in [2.45, 2.75) is 9.96 Å². The SMILES string of the molecule is COc1cccc(NC(=S)N[C@@H](NC(=O)c2ccc(Br)cc2)C(Cl)(Cl)Cl)c1. The van der Waals surface area contributed by atoms with Crippen LogP contribution < -0.4 is 20.7 Å². The second kappa shape index (κ2) is 9.80. The summed E-state index contributed by atoms with van der Waals surface area (Å²) in [6.07, 6.45) is -1.07. The van der Waals surface area contributed by atoms with Crippen LogP contribution in [0.4, 0.5) is 5.69 Å². The highest BCUT2D eigenvalue weighted by atomic mass is 79.9. The molecule has 0 unspecified atom stereocenters. The van der Waals surface area contributed by atoms with Gasteiger partial charge in [0.15, 0.2) is 5.11 Å². The summed E-state index contributed by atoms with van der Waals surface area (Å²) in [4.78, 5) is 12.4. The maximum atomic E-state index is 12.4. The van der Waals surface area contributed by atoms with E-state index in [1.165, 1.54) is 0 Å². The molecule has 1 atom stereocenters. The number of nitrogens with one attached hydrogen (secondary N) is 3. The second-order valence-corrected chi connectivity index (χ2v) is 8.98. The van der Waals surface area contributed by atoms with Crippen LogP contribution in [0.3, 0.4) is 0 Å². The van der Waals surface area contributed by atoms with Crippen molar-refractivity contribution >= 4 is 79.7 Å². The number of hydrogen-bond donors (Lipinski definition) is 3. The molecule has 10 heteroatoms. The van der Waals surface area contributed by atoms with E-state index in [1.54, 1.807) is 55.6 Å². The molecule has 0 heterocycles. The van der Waals surface area contributed by atoms with Gasteiger partial charge in [0.05, 0.1) is 7.11 Å². The van der Waals surface area contributed by atoms with Crippen molar-refractivity contribution < 1.29 is 9.53 Å². The number of anilines is 1. The molecule has 0 bridgehead atoms. The van der Waals surface area contributed by atoms with Gasteiger partial charge >= 0.3 is 0 Å². The largest absolute Gasteiger partial charge is 0.497 e. The zero-order chi connectivity index (χ0) is 20.0. The van der Waals surface area contributed by atoms with E-state index in [4.69, 9.17) is 51.8 Å². The maximum Gasteiger partial charge on any atom is 0.252 e. The summed E-state index contributed by atoms with van der Waals surface area (Å²) in [5, 5.41) is 8.53. The molecular weight excluding hydrogens is 497 g/mol. The Morgan fingerprint density at radius 3 is 2.41 bits per heavy atom. The molecule has 3 N–H and O–H groups in total. The lowest BCUT2D eigenvalue weighted by molar-refractivity contribution is 0.0934. The molecule has 1 amide bonds. The van der Waals surface area contributed by atoms with Gasteiger partial charge in [-0.25, -0.2) is 0 Å². The minimum atomic E-state index is -1.84. The highest BCUT2D eigenvalue weighted by Crippen LogP contribution is 2.29. The van der Waals surface area contributed by atoms with Crippen LogP contribution in [0, 0.1) is 0 Å². The van der Waals surface area contributed by atoms with Crippen molar-refractivity contribution in [1.29, 1.82) is 0 Å². The molecule has 0 aliphatic carbocycles. The monoisotopic (exact) mass is 509 g/mol. The number of methoxy groups -OCH3 is 1. The molecule has 0 fully saturated rings. The molecule has 0 aliphatic heterocycles. The molecule has 2 aromatic carbocycles. The molecule has 0 aliphatic rings. The van der Waals surface area contributed by atoms with Crippen LogP contribution in [0.25, 0.3) is 0 Å². The van der Waals surface area contributed by atoms with Gasteiger partial charge in [-0.2, -0.15) is 0 Å². The summed E-state index contributed by atoms with van der Waals surface area (Å²) in [7, 11) is 1.56. The summed E-state index contributed by atoms with van der Waals surface area (Å²) in [5.74, 6) is 0.236. The molecule has 2 rings (SSSR count). The van der Waals surface area contributed by atoms with E-state index in [1.807, 2.05) is 0 Å². The van der Waals surface area contributed by atoms with E-state index in [0.29, 0.717) is 17.0 Å². The first kappa shape index (κ1) is 22.0. The van der Waals surface area contributed by atoms with Gasteiger partial charge in [-0.1, -0.05) is 56.8 Å². The Bertz CT molecular complexity index is 816. The van der Waals surface area contributed by atoms with E-state index < -0.39 is 15.9 Å². The molecule has 2 aromatic rings. The number of alkyl halides is 3. The second-order valence-electron chi connectivity index (χ2n) is 5.29. The van der Waals surface area contributed by atoms with E-state index in [9.17, 15) is 4.79 Å². The smallest absolute Gasteiger partial charge is 0.252 e. The lowest BCUT2D eigenvalue weighted by Crippen LogP contribution is -2.56. The molecule has 27 heavy (non-hydrogen) atoms. The Hall–Kier alpha value is -1.25. The number of thiocarbonyl (C=S) groups is 1. The van der Waals surface area contributed by atoms with Crippen molar-refractivity contribution in [3.63, 3.8) is 0 Å². The molecule has 0 radical (unpaired) electrons. The maximum absolute atomic E-state index is 12.4. The van der Waals surface area contributed by atoms with Crippen LogP contribution in [0.15, 0.2) is 53.0 Å². The fraction of sp³-hybridized carbons (Fsp3) is 0.176. The Labute approximate surface area is 185 Å². The molecule has 144 valence electrons. The highest BCUT2D eigenvalue weighted by molar-refractivity contribution is 9.10. The van der Waals surface area contributed by atoms with E-state index in [0.717, 1.165) is 4.47 Å². The molecular formula is C17H15BrCl3N3O2S. The first-order valence-electron chi connectivity index (χ1n) is 7.54. The average Bonchev–Trinajstić information content (AvgIpc) is 2.61. The fourth-order valence-corrected chi connectivity index (χ4v) is 2.84. The van der Waals surface area contributed by atoms with E-state index in [-0.39, 0.29) is 5.11 Å². The molecule has 0 aromatic heterocycles. The zero-order valence-corrected chi connectivity index (χ0v) is 18.6. The number of hydrogen-bond acceptors (Lipinski definition) is 3. The predicted molar refractivity (Wildman–Crippen MR) is 118 cm³/mol. The average molecular weight is 512 g/mol. The van der Waals surface area contributed by atoms with Crippen LogP contribution in [0.2, 0.25) is 0 Å². The lowest BCUT2D eigenvalue weighted by Gasteiger charge is -2.27. The third-order valence-corrected chi connectivity index (χ3v) is 4.72. The van der Waals surface area contributed by atoms with Gasteiger partial charge in [-0.05, 0) is 48.6 Å². The highest BCUT2D eigenvalue weighted by Gasteiger charge is 2.34. The van der Waals surface area contributed by atoms with Gasteiger partial charge in [0.1, 0.15) is 11.9 Å². The third-order valence-electron chi connectivity index (χ3n) is 3.31. The van der Waals surface area contributed by atoms with Crippen molar-refractivity contribution in [2.24, 2.45) is 0 Å². The molecule has 0 saturated heterocycles. The fourth-order valence-electron chi connectivity index (χ4n) is 2.01. The standard InChI is InChI=1S/C17H15BrCl3N3O2S/c1-26-13-4-2-3-12(9-13)22-16(27)24-15(17(19,20)21)23-14(25)10-5-7-11(18)8-6-10/h2-9,15H,1H3,(H,23,25)(H2,22,24,27)/t15-/m1/s1.